The molecule has 0 amide bonds. The molecule has 90 valence electrons. The van der Waals surface area contributed by atoms with Crippen LogP contribution in [-0.4, -0.2) is 38.3 Å². The predicted molar refractivity (Wildman–Crippen MR) is 62.8 cm³/mol. The Bertz CT molecular complexity index is 437. The third kappa shape index (κ3) is 2.81. The minimum Gasteiger partial charge on any atom is -0.374 e. The van der Waals surface area contributed by atoms with Gasteiger partial charge in [0.2, 0.25) is 0 Å². The summed E-state index contributed by atoms with van der Waals surface area (Å²) in [7, 11) is 0.347. The molecule has 1 unspecified atom stereocenters. The highest BCUT2D eigenvalue weighted by atomic mass is 32.2. The fourth-order valence-electron chi connectivity index (χ4n) is 1.31. The summed E-state index contributed by atoms with van der Waals surface area (Å²) in [5.41, 5.74) is 0.681. The van der Waals surface area contributed by atoms with Crippen molar-refractivity contribution in [1.82, 2.24) is 4.90 Å². The lowest BCUT2D eigenvalue weighted by atomic mass is 10.2. The second kappa shape index (κ2) is 4.95. The molecule has 0 saturated carbocycles. The number of hydrogen-bond donors (Lipinski definition) is 1. The Morgan fingerprint density at radius 1 is 1.25 bits per heavy atom. The molecule has 0 aliphatic heterocycles. The number of sulfone groups is 1. The molecule has 1 aromatic rings. The van der Waals surface area contributed by atoms with Gasteiger partial charge in [-0.3, -0.25) is 4.90 Å². The van der Waals surface area contributed by atoms with Gasteiger partial charge in [-0.15, -0.1) is 0 Å². The van der Waals surface area contributed by atoms with Crippen LogP contribution in [0.25, 0.3) is 0 Å². The molecule has 16 heavy (non-hydrogen) atoms. The topological polar surface area (TPSA) is 57.6 Å². The van der Waals surface area contributed by atoms with Gasteiger partial charge in [0, 0.05) is 0 Å². The molecule has 0 fully saturated rings. The number of hydrogen-bond acceptors (Lipinski definition) is 4. The van der Waals surface area contributed by atoms with Crippen LogP contribution in [0.3, 0.4) is 0 Å². The fraction of sp³-hybridized carbons (Fsp3) is 0.455. The number of rotatable bonds is 4. The van der Waals surface area contributed by atoms with Crippen molar-refractivity contribution in [1.29, 1.82) is 0 Å². The van der Waals surface area contributed by atoms with E-state index >= 15 is 0 Å². The smallest absolute Gasteiger partial charge is 0.178 e. The second-order valence-electron chi connectivity index (χ2n) is 3.81. The number of benzene rings is 1. The zero-order chi connectivity index (χ0) is 12.3. The van der Waals surface area contributed by atoms with E-state index in [0.717, 1.165) is 0 Å². The van der Waals surface area contributed by atoms with Gasteiger partial charge in [0.15, 0.2) is 9.84 Å². The highest BCUT2D eigenvalue weighted by molar-refractivity contribution is 7.91. The maximum Gasteiger partial charge on any atom is 0.178 e. The summed E-state index contributed by atoms with van der Waals surface area (Å²) < 4.78 is 23.1. The minimum atomic E-state index is -3.16. The SMILES string of the molecule is CCS(=O)(=O)c1ccc(C(O)N(C)C)cc1. The first-order valence-electron chi connectivity index (χ1n) is 5.05. The van der Waals surface area contributed by atoms with Crippen molar-refractivity contribution in [2.45, 2.75) is 18.0 Å². The van der Waals surface area contributed by atoms with Crippen molar-refractivity contribution >= 4 is 9.84 Å². The molecular weight excluding hydrogens is 226 g/mol. The summed E-state index contributed by atoms with van der Waals surface area (Å²) in [5.74, 6) is 0.0859. The molecule has 5 heteroatoms. The third-order valence-electron chi connectivity index (χ3n) is 2.41. The average molecular weight is 243 g/mol. The van der Waals surface area contributed by atoms with Crippen LogP contribution in [0, 0.1) is 0 Å². The molecule has 0 aromatic heterocycles. The Balaban J connectivity index is 3.01. The van der Waals surface area contributed by atoms with Crippen LogP contribution in [0.1, 0.15) is 18.7 Å². The largest absolute Gasteiger partial charge is 0.374 e. The molecular formula is C11H17NO3S. The van der Waals surface area contributed by atoms with E-state index in [2.05, 4.69) is 0 Å². The van der Waals surface area contributed by atoms with Gasteiger partial charge in [0.25, 0.3) is 0 Å². The molecule has 0 saturated heterocycles. The monoisotopic (exact) mass is 243 g/mol. The van der Waals surface area contributed by atoms with Crippen molar-refractivity contribution in [3.63, 3.8) is 0 Å². The zero-order valence-corrected chi connectivity index (χ0v) is 10.5. The van der Waals surface area contributed by atoms with E-state index in [4.69, 9.17) is 0 Å². The van der Waals surface area contributed by atoms with Crippen molar-refractivity contribution in [3.8, 4) is 0 Å². The van der Waals surface area contributed by atoms with Crippen LogP contribution in [0.4, 0.5) is 0 Å². The van der Waals surface area contributed by atoms with E-state index in [-0.39, 0.29) is 5.75 Å². The summed E-state index contributed by atoms with van der Waals surface area (Å²) in [6.07, 6.45) is -0.710. The van der Waals surface area contributed by atoms with Gasteiger partial charge in [0.1, 0.15) is 6.23 Å². The molecule has 1 aromatic carbocycles. The maximum absolute atomic E-state index is 11.5. The second-order valence-corrected chi connectivity index (χ2v) is 6.09. The molecule has 1 N–H and O–H groups in total. The Morgan fingerprint density at radius 3 is 2.12 bits per heavy atom. The maximum atomic E-state index is 11.5. The lowest BCUT2D eigenvalue weighted by Gasteiger charge is -2.18. The van der Waals surface area contributed by atoms with Crippen molar-refractivity contribution in [2.75, 3.05) is 19.8 Å². The van der Waals surface area contributed by atoms with E-state index in [1.165, 1.54) is 12.1 Å². The van der Waals surface area contributed by atoms with Crippen molar-refractivity contribution in [3.05, 3.63) is 29.8 Å². The lowest BCUT2D eigenvalue weighted by Crippen LogP contribution is -2.19. The predicted octanol–water partition coefficient (Wildman–Crippen LogP) is 1.03. The molecule has 0 aliphatic carbocycles. The Morgan fingerprint density at radius 2 is 1.75 bits per heavy atom. The Labute approximate surface area is 96.4 Å². The Kier molecular flexibility index (Phi) is 4.07. The van der Waals surface area contributed by atoms with E-state index in [1.807, 2.05) is 0 Å². The molecule has 1 atom stereocenters. The molecule has 4 nitrogen and oxygen atoms in total. The standard InChI is InChI=1S/C11H17NO3S/c1-4-16(14,15)10-7-5-9(6-8-10)11(13)12(2)3/h5-8,11,13H,4H2,1-3H3. The lowest BCUT2D eigenvalue weighted by molar-refractivity contribution is 0.0395. The summed E-state index contributed by atoms with van der Waals surface area (Å²) >= 11 is 0. The van der Waals surface area contributed by atoms with Gasteiger partial charge in [0.05, 0.1) is 10.6 Å². The highest BCUT2D eigenvalue weighted by Gasteiger charge is 2.13. The Hall–Kier alpha value is -0.910. The van der Waals surface area contributed by atoms with Crippen LogP contribution in [-0.2, 0) is 9.84 Å². The van der Waals surface area contributed by atoms with Crippen molar-refractivity contribution in [2.24, 2.45) is 0 Å². The van der Waals surface area contributed by atoms with Gasteiger partial charge in [-0.2, -0.15) is 0 Å². The van der Waals surface area contributed by atoms with E-state index in [0.29, 0.717) is 10.5 Å². The number of aliphatic hydroxyl groups is 1. The molecule has 0 radical (unpaired) electrons. The summed E-state index contributed by atoms with van der Waals surface area (Å²) in [4.78, 5) is 1.94. The molecule has 0 spiro atoms. The first-order chi connectivity index (χ1) is 7.38. The summed E-state index contributed by atoms with van der Waals surface area (Å²) in [6, 6.07) is 6.32. The third-order valence-corrected chi connectivity index (χ3v) is 4.16. The van der Waals surface area contributed by atoms with Gasteiger partial charge < -0.3 is 5.11 Å². The first-order valence-corrected chi connectivity index (χ1v) is 6.71. The summed E-state index contributed by atoms with van der Waals surface area (Å²) in [6.45, 7) is 1.61. The van der Waals surface area contributed by atoms with Crippen LogP contribution in [0.5, 0.6) is 0 Å². The van der Waals surface area contributed by atoms with Gasteiger partial charge in [-0.25, -0.2) is 8.42 Å². The molecule has 0 aliphatic rings. The zero-order valence-electron chi connectivity index (χ0n) is 9.71. The van der Waals surface area contributed by atoms with Crippen LogP contribution in [0.15, 0.2) is 29.2 Å². The normalized spacial score (nSPS) is 14.1. The van der Waals surface area contributed by atoms with Gasteiger partial charge in [-0.1, -0.05) is 19.1 Å². The van der Waals surface area contributed by atoms with Crippen LogP contribution < -0.4 is 0 Å². The summed E-state index contributed by atoms with van der Waals surface area (Å²) in [5, 5.41) is 9.73. The molecule has 1 rings (SSSR count). The van der Waals surface area contributed by atoms with E-state index in [9.17, 15) is 13.5 Å². The van der Waals surface area contributed by atoms with E-state index in [1.54, 1.807) is 38.1 Å². The quantitative estimate of drug-likeness (QED) is 0.803. The minimum absolute atomic E-state index is 0.0859. The fourth-order valence-corrected chi connectivity index (χ4v) is 2.20. The van der Waals surface area contributed by atoms with Crippen LogP contribution >= 0.6 is 0 Å². The highest BCUT2D eigenvalue weighted by Crippen LogP contribution is 2.18. The number of nitrogens with zero attached hydrogens (tertiary/aromatic N) is 1. The first kappa shape index (κ1) is 13.2. The van der Waals surface area contributed by atoms with Gasteiger partial charge >= 0.3 is 0 Å². The van der Waals surface area contributed by atoms with Crippen LogP contribution in [0.2, 0.25) is 0 Å². The van der Waals surface area contributed by atoms with Crippen molar-refractivity contribution < 1.29 is 13.5 Å². The molecule has 0 bridgehead atoms. The van der Waals surface area contributed by atoms with E-state index < -0.39 is 16.1 Å². The average Bonchev–Trinajstić information content (AvgIpc) is 2.28. The number of aliphatic hydroxyl groups excluding tert-OH is 1. The molecule has 0 heterocycles. The van der Waals surface area contributed by atoms with Gasteiger partial charge in [-0.05, 0) is 31.8 Å².